The van der Waals surface area contributed by atoms with Crippen molar-refractivity contribution in [2.45, 2.75) is 32.5 Å². The average molecular weight is 745 g/mol. The average Bonchev–Trinajstić information content (AvgIpc) is 3.17. The Labute approximate surface area is 315 Å². The summed E-state index contributed by atoms with van der Waals surface area (Å²) in [6.45, 7) is 4.22. The third kappa shape index (κ3) is 9.58. The minimum atomic E-state index is -1.36. The number of carbonyl (C=O) groups excluding carboxylic acids is 1. The fourth-order valence-electron chi connectivity index (χ4n) is 5.62. The van der Waals surface area contributed by atoms with Gasteiger partial charge in [-0.25, -0.2) is 14.5 Å². The summed E-state index contributed by atoms with van der Waals surface area (Å²) in [5, 5.41) is 37.4. The van der Waals surface area contributed by atoms with Crippen LogP contribution in [-0.4, -0.2) is 32.5 Å². The molecule has 0 heterocycles. The lowest BCUT2D eigenvalue weighted by atomic mass is 9.78. The number of phenolic OH excluding ortho intramolecular Hbond substituents is 2. The van der Waals surface area contributed by atoms with Crippen molar-refractivity contribution in [3.05, 3.63) is 167 Å². The first-order chi connectivity index (χ1) is 26.5. The normalized spacial score (nSPS) is 11.1. The van der Waals surface area contributed by atoms with Crippen molar-refractivity contribution in [2.75, 3.05) is 0 Å². The van der Waals surface area contributed by atoms with E-state index in [9.17, 15) is 24.9 Å². The van der Waals surface area contributed by atoms with Gasteiger partial charge in [0, 0.05) is 5.41 Å². The van der Waals surface area contributed by atoms with Crippen LogP contribution in [0.4, 0.5) is 0 Å². The molecule has 6 aromatic rings. The highest BCUT2D eigenvalue weighted by molar-refractivity contribution is 6.03. The lowest BCUT2D eigenvalue weighted by molar-refractivity contribution is -0.253. The van der Waals surface area contributed by atoms with Gasteiger partial charge in [-0.1, -0.05) is 44.2 Å². The van der Waals surface area contributed by atoms with E-state index in [1.54, 1.807) is 42.5 Å². The Morgan fingerprint density at radius 2 is 1.02 bits per heavy atom. The molecule has 0 aliphatic carbocycles. The molecule has 0 aromatic heterocycles. The van der Waals surface area contributed by atoms with Gasteiger partial charge in [0.25, 0.3) is 0 Å². The number of esters is 1. The van der Waals surface area contributed by atoms with E-state index in [2.05, 4.69) is 18.7 Å². The van der Waals surface area contributed by atoms with Crippen LogP contribution < -0.4 is 19.1 Å². The minimum absolute atomic E-state index is 0.0472. The zero-order valence-electron chi connectivity index (χ0n) is 29.7. The van der Waals surface area contributed by atoms with E-state index in [-0.39, 0.29) is 47.0 Å². The van der Waals surface area contributed by atoms with Gasteiger partial charge >= 0.3 is 11.9 Å². The van der Waals surface area contributed by atoms with E-state index in [0.29, 0.717) is 39.9 Å². The van der Waals surface area contributed by atoms with Gasteiger partial charge in [0.1, 0.15) is 53.5 Å². The molecule has 0 atom stereocenters. The number of rotatable bonds is 15. The highest BCUT2D eigenvalue weighted by atomic mass is 17.2. The molecular formula is C43H36O12. The van der Waals surface area contributed by atoms with Crippen molar-refractivity contribution in [3.8, 4) is 46.0 Å². The van der Waals surface area contributed by atoms with Crippen molar-refractivity contribution < 1.29 is 59.0 Å². The van der Waals surface area contributed by atoms with E-state index in [4.69, 9.17) is 29.2 Å². The van der Waals surface area contributed by atoms with Crippen LogP contribution in [0, 0.1) is 0 Å². The molecule has 0 radical (unpaired) electrons. The van der Waals surface area contributed by atoms with Crippen molar-refractivity contribution >= 4 is 11.9 Å². The molecular weight excluding hydrogens is 708 g/mol. The first-order valence-electron chi connectivity index (χ1n) is 16.9. The molecule has 0 saturated heterocycles. The van der Waals surface area contributed by atoms with E-state index >= 15 is 0 Å². The maximum atomic E-state index is 12.6. The standard InChI is InChI=1S/C43H36O12/c1-43(2,29-4-10-33(11-5-29)52-35-14-16-37(17-15-35)54-42(48)39-22-9-32(45)24-40(39)41(46)47)30-6-12-34(13-7-30)53-36-18-20-38(21-19-36)55-51-26-27-3-8-31(44)23-28(27)25-50-49/h3-24,44-45,49H,25-26H2,1-2H3,(H,46,47). The van der Waals surface area contributed by atoms with Crippen LogP contribution in [-0.2, 0) is 28.4 Å². The van der Waals surface area contributed by atoms with Gasteiger partial charge in [-0.05, 0) is 125 Å². The van der Waals surface area contributed by atoms with Gasteiger partial charge in [0.15, 0.2) is 5.75 Å². The summed E-state index contributed by atoms with van der Waals surface area (Å²) in [4.78, 5) is 39.0. The monoisotopic (exact) mass is 744 g/mol. The Bertz CT molecular complexity index is 2250. The molecule has 0 aliphatic heterocycles. The smallest absolute Gasteiger partial charge is 0.344 e. The van der Waals surface area contributed by atoms with E-state index in [0.717, 1.165) is 17.2 Å². The van der Waals surface area contributed by atoms with Crippen molar-refractivity contribution in [3.63, 3.8) is 0 Å². The number of benzene rings is 6. The zero-order chi connectivity index (χ0) is 39.0. The largest absolute Gasteiger partial charge is 0.508 e. The molecule has 12 heteroatoms. The number of carboxylic acid groups (broad SMARTS) is 1. The second kappa shape index (κ2) is 16.9. The number of ether oxygens (including phenoxy) is 3. The molecule has 6 rings (SSSR count). The third-order valence-corrected chi connectivity index (χ3v) is 8.71. The SMILES string of the molecule is CC(C)(c1ccc(Oc2ccc(OOCc3ccc(O)cc3COO)cc2)cc1)c1ccc(Oc2ccc(OC(=O)c3ccc(O)cc3C(=O)O)cc2)cc1. The molecule has 0 bridgehead atoms. The zero-order valence-corrected chi connectivity index (χ0v) is 29.7. The Hall–Kier alpha value is -6.86. The molecule has 12 nitrogen and oxygen atoms in total. The van der Waals surface area contributed by atoms with Gasteiger partial charge < -0.3 is 34.4 Å². The van der Waals surface area contributed by atoms with Gasteiger partial charge in [0.2, 0.25) is 0 Å². The molecule has 0 amide bonds. The number of aromatic hydroxyl groups is 2. The Morgan fingerprint density at radius 3 is 1.55 bits per heavy atom. The van der Waals surface area contributed by atoms with Crippen LogP contribution in [0.2, 0.25) is 0 Å². The first-order valence-corrected chi connectivity index (χ1v) is 16.9. The molecule has 0 aliphatic rings. The van der Waals surface area contributed by atoms with Crippen LogP contribution >= 0.6 is 0 Å². The summed E-state index contributed by atoms with van der Waals surface area (Å²) in [6.07, 6.45) is 0. The van der Waals surface area contributed by atoms with Crippen LogP contribution in [0.1, 0.15) is 56.8 Å². The maximum absolute atomic E-state index is 12.6. The molecule has 0 saturated carbocycles. The third-order valence-electron chi connectivity index (χ3n) is 8.71. The predicted molar refractivity (Wildman–Crippen MR) is 199 cm³/mol. The molecule has 4 N–H and O–H groups in total. The molecule has 6 aromatic carbocycles. The highest BCUT2D eigenvalue weighted by Gasteiger charge is 2.24. The molecule has 0 fully saturated rings. The van der Waals surface area contributed by atoms with Crippen LogP contribution in [0.15, 0.2) is 133 Å². The molecule has 280 valence electrons. The fourth-order valence-corrected chi connectivity index (χ4v) is 5.62. The van der Waals surface area contributed by atoms with Gasteiger partial charge in [-0.15, -0.1) is 0 Å². The minimum Gasteiger partial charge on any atom is -0.508 e. The molecule has 55 heavy (non-hydrogen) atoms. The lowest BCUT2D eigenvalue weighted by Gasteiger charge is -2.26. The number of phenols is 2. The van der Waals surface area contributed by atoms with Crippen LogP contribution in [0.3, 0.4) is 0 Å². The predicted octanol–water partition coefficient (Wildman–Crippen LogP) is 9.43. The number of carbonyl (C=O) groups is 2. The lowest BCUT2D eigenvalue weighted by Crippen LogP contribution is -2.18. The van der Waals surface area contributed by atoms with Crippen LogP contribution in [0.25, 0.3) is 0 Å². The van der Waals surface area contributed by atoms with Crippen molar-refractivity contribution in [1.82, 2.24) is 0 Å². The van der Waals surface area contributed by atoms with Gasteiger partial charge in [0.05, 0.1) is 11.1 Å². The molecule has 0 unspecified atom stereocenters. The Kier molecular flexibility index (Phi) is 11.6. The summed E-state index contributed by atoms with van der Waals surface area (Å²) in [7, 11) is 0. The maximum Gasteiger partial charge on any atom is 0.344 e. The second-order valence-corrected chi connectivity index (χ2v) is 12.8. The van der Waals surface area contributed by atoms with Gasteiger partial charge in [-0.2, -0.15) is 4.89 Å². The summed E-state index contributed by atoms with van der Waals surface area (Å²) in [6, 6.07) is 36.9. The number of carboxylic acids is 1. The van der Waals surface area contributed by atoms with Gasteiger partial charge in [-0.3, -0.25) is 5.26 Å². The first kappa shape index (κ1) is 37.9. The van der Waals surface area contributed by atoms with Crippen molar-refractivity contribution in [1.29, 1.82) is 0 Å². The quantitative estimate of drug-likeness (QED) is 0.0340. The van der Waals surface area contributed by atoms with E-state index in [1.165, 1.54) is 36.4 Å². The number of aromatic carboxylic acids is 1. The highest BCUT2D eigenvalue weighted by Crippen LogP contribution is 2.35. The summed E-state index contributed by atoms with van der Waals surface area (Å²) in [5.74, 6) is 0.566. The summed E-state index contributed by atoms with van der Waals surface area (Å²) >= 11 is 0. The van der Waals surface area contributed by atoms with Crippen molar-refractivity contribution in [2.24, 2.45) is 0 Å². The Balaban J connectivity index is 1.00. The van der Waals surface area contributed by atoms with E-state index in [1.807, 2.05) is 48.5 Å². The molecule has 0 spiro atoms. The van der Waals surface area contributed by atoms with Crippen LogP contribution in [0.5, 0.6) is 46.0 Å². The topological polar surface area (TPSA) is 170 Å². The number of hydrogen-bond acceptors (Lipinski definition) is 11. The summed E-state index contributed by atoms with van der Waals surface area (Å²) < 4.78 is 17.4. The Morgan fingerprint density at radius 1 is 0.545 bits per heavy atom. The summed E-state index contributed by atoms with van der Waals surface area (Å²) in [5.41, 5.74) is 2.49. The van der Waals surface area contributed by atoms with E-state index < -0.39 is 11.9 Å². The second-order valence-electron chi connectivity index (χ2n) is 12.8. The number of hydrogen-bond donors (Lipinski definition) is 4. The fraction of sp³-hybridized carbons (Fsp3) is 0.116.